The lowest BCUT2D eigenvalue weighted by molar-refractivity contribution is -0.384. The number of amides is 1. The van der Waals surface area contributed by atoms with Crippen LogP contribution in [0.3, 0.4) is 0 Å². The van der Waals surface area contributed by atoms with Crippen LogP contribution in [0, 0.1) is 10.1 Å². The zero-order chi connectivity index (χ0) is 13.5. The molecular weight excluding hydrogens is 236 g/mol. The number of hydrogen-bond acceptors (Lipinski definition) is 5. The number of likely N-dealkylation sites (N-methyl/N-ethyl adjacent to an activating group) is 1. The molecule has 0 radical (unpaired) electrons. The molecule has 98 valence electrons. The van der Waals surface area contributed by atoms with E-state index in [4.69, 9.17) is 0 Å². The number of carbonyl (C=O) groups is 1. The van der Waals surface area contributed by atoms with Gasteiger partial charge in [-0.3, -0.25) is 14.9 Å². The van der Waals surface area contributed by atoms with Crippen molar-refractivity contribution < 1.29 is 9.72 Å². The summed E-state index contributed by atoms with van der Waals surface area (Å²) in [6.07, 6.45) is 0. The van der Waals surface area contributed by atoms with Gasteiger partial charge in [0, 0.05) is 37.1 Å². The van der Waals surface area contributed by atoms with Gasteiger partial charge in [0.1, 0.15) is 0 Å². The molecule has 1 amide bonds. The van der Waals surface area contributed by atoms with Gasteiger partial charge in [-0.15, -0.1) is 0 Å². The first-order chi connectivity index (χ1) is 8.56. The number of nitrogens with zero attached hydrogens (tertiary/aromatic N) is 1. The van der Waals surface area contributed by atoms with E-state index in [9.17, 15) is 14.9 Å². The van der Waals surface area contributed by atoms with Crippen LogP contribution in [-0.2, 0) is 4.79 Å². The summed E-state index contributed by atoms with van der Waals surface area (Å²) in [4.78, 5) is 21.5. The fourth-order valence-corrected chi connectivity index (χ4v) is 1.40. The van der Waals surface area contributed by atoms with Crippen molar-refractivity contribution in [2.45, 2.75) is 6.92 Å². The van der Waals surface area contributed by atoms with Crippen LogP contribution < -0.4 is 16.0 Å². The SMILES string of the molecule is CCNC(=O)CNc1cc(NC)cc([N+](=O)[O-])c1. The summed E-state index contributed by atoms with van der Waals surface area (Å²) in [6.45, 7) is 2.46. The second kappa shape index (κ2) is 6.43. The van der Waals surface area contributed by atoms with E-state index < -0.39 is 4.92 Å². The smallest absolute Gasteiger partial charge is 0.273 e. The van der Waals surface area contributed by atoms with Crippen LogP contribution >= 0.6 is 0 Å². The maximum atomic E-state index is 11.3. The van der Waals surface area contributed by atoms with E-state index in [1.54, 1.807) is 13.1 Å². The third-order valence-electron chi connectivity index (χ3n) is 2.24. The summed E-state index contributed by atoms with van der Waals surface area (Å²) in [5, 5.41) is 19.0. The highest BCUT2D eigenvalue weighted by molar-refractivity contribution is 5.81. The zero-order valence-corrected chi connectivity index (χ0v) is 10.3. The predicted octanol–water partition coefficient (Wildman–Crippen LogP) is 1.18. The van der Waals surface area contributed by atoms with Crippen LogP contribution in [0.2, 0.25) is 0 Å². The molecule has 0 heterocycles. The summed E-state index contributed by atoms with van der Waals surface area (Å²) in [6, 6.07) is 4.52. The first-order valence-corrected chi connectivity index (χ1v) is 5.54. The van der Waals surface area contributed by atoms with E-state index in [0.717, 1.165) is 0 Å². The van der Waals surface area contributed by atoms with E-state index in [2.05, 4.69) is 16.0 Å². The first kappa shape index (κ1) is 13.8. The Morgan fingerprint density at radius 3 is 2.56 bits per heavy atom. The molecule has 7 heteroatoms. The summed E-state index contributed by atoms with van der Waals surface area (Å²) < 4.78 is 0. The number of rotatable bonds is 6. The van der Waals surface area contributed by atoms with Crippen molar-refractivity contribution in [3.05, 3.63) is 28.3 Å². The van der Waals surface area contributed by atoms with Gasteiger partial charge in [0.25, 0.3) is 5.69 Å². The molecule has 0 fully saturated rings. The van der Waals surface area contributed by atoms with E-state index in [-0.39, 0.29) is 18.1 Å². The molecule has 0 unspecified atom stereocenters. The number of anilines is 2. The average molecular weight is 252 g/mol. The number of benzene rings is 1. The highest BCUT2D eigenvalue weighted by Crippen LogP contribution is 2.23. The summed E-state index contributed by atoms with van der Waals surface area (Å²) in [5.41, 5.74) is 1.11. The quantitative estimate of drug-likeness (QED) is 0.522. The molecule has 0 aliphatic heterocycles. The Morgan fingerprint density at radius 2 is 2.00 bits per heavy atom. The molecule has 1 rings (SSSR count). The van der Waals surface area contributed by atoms with E-state index in [1.807, 2.05) is 6.92 Å². The lowest BCUT2D eigenvalue weighted by Gasteiger charge is -2.08. The van der Waals surface area contributed by atoms with Crippen LogP contribution in [0.1, 0.15) is 6.92 Å². The molecule has 0 aliphatic rings. The number of nitro groups is 1. The highest BCUT2D eigenvalue weighted by Gasteiger charge is 2.09. The topological polar surface area (TPSA) is 96.3 Å². The van der Waals surface area contributed by atoms with Crippen LogP contribution in [0.4, 0.5) is 17.1 Å². The Labute approximate surface area is 105 Å². The van der Waals surface area contributed by atoms with Gasteiger partial charge in [-0.1, -0.05) is 0 Å². The number of non-ortho nitro benzene ring substituents is 1. The maximum Gasteiger partial charge on any atom is 0.273 e. The molecule has 7 nitrogen and oxygen atoms in total. The van der Waals surface area contributed by atoms with Crippen molar-refractivity contribution >= 4 is 23.0 Å². The normalized spacial score (nSPS) is 9.67. The summed E-state index contributed by atoms with van der Waals surface area (Å²) in [5.74, 6) is -0.157. The second-order valence-corrected chi connectivity index (χ2v) is 3.58. The molecular formula is C11H16N4O3. The van der Waals surface area contributed by atoms with Crippen molar-refractivity contribution in [2.24, 2.45) is 0 Å². The van der Waals surface area contributed by atoms with E-state index in [1.165, 1.54) is 12.1 Å². The lowest BCUT2D eigenvalue weighted by Crippen LogP contribution is -2.29. The molecule has 0 aliphatic carbocycles. The van der Waals surface area contributed by atoms with Gasteiger partial charge in [0.15, 0.2) is 0 Å². The molecule has 0 saturated heterocycles. The van der Waals surface area contributed by atoms with Gasteiger partial charge >= 0.3 is 0 Å². The lowest BCUT2D eigenvalue weighted by atomic mass is 10.2. The standard InChI is InChI=1S/C11H16N4O3/c1-3-13-11(16)7-14-9-4-8(12-2)5-10(6-9)15(17)18/h4-6,12,14H,3,7H2,1-2H3,(H,13,16). The van der Waals surface area contributed by atoms with Crippen molar-refractivity contribution in [3.8, 4) is 0 Å². The average Bonchev–Trinajstić information content (AvgIpc) is 2.36. The van der Waals surface area contributed by atoms with Gasteiger partial charge in [0.2, 0.25) is 5.91 Å². The number of nitro benzene ring substituents is 1. The molecule has 0 bridgehead atoms. The monoisotopic (exact) mass is 252 g/mol. The number of nitrogens with one attached hydrogen (secondary N) is 3. The molecule has 3 N–H and O–H groups in total. The minimum Gasteiger partial charge on any atom is -0.388 e. The molecule has 1 aromatic carbocycles. The number of carbonyl (C=O) groups excluding carboxylic acids is 1. The van der Waals surface area contributed by atoms with Gasteiger partial charge in [0.05, 0.1) is 11.5 Å². The van der Waals surface area contributed by atoms with Crippen molar-refractivity contribution in [1.29, 1.82) is 0 Å². The van der Waals surface area contributed by atoms with Crippen LogP contribution in [0.15, 0.2) is 18.2 Å². The van der Waals surface area contributed by atoms with Gasteiger partial charge in [-0.2, -0.15) is 0 Å². The molecule has 0 atom stereocenters. The molecule has 0 aromatic heterocycles. The third kappa shape index (κ3) is 3.93. The Hall–Kier alpha value is -2.31. The first-order valence-electron chi connectivity index (χ1n) is 5.54. The molecule has 0 saturated carbocycles. The Kier molecular flexibility index (Phi) is 4.91. The van der Waals surface area contributed by atoms with Crippen LogP contribution in [0.5, 0.6) is 0 Å². The fraction of sp³-hybridized carbons (Fsp3) is 0.364. The second-order valence-electron chi connectivity index (χ2n) is 3.58. The minimum atomic E-state index is -0.474. The predicted molar refractivity (Wildman–Crippen MR) is 69.8 cm³/mol. The van der Waals surface area contributed by atoms with Crippen molar-refractivity contribution in [2.75, 3.05) is 30.8 Å². The molecule has 1 aromatic rings. The summed E-state index contributed by atoms with van der Waals surface area (Å²) in [7, 11) is 1.67. The minimum absolute atomic E-state index is 0.0275. The number of hydrogen-bond donors (Lipinski definition) is 3. The van der Waals surface area contributed by atoms with Gasteiger partial charge in [-0.25, -0.2) is 0 Å². The third-order valence-corrected chi connectivity index (χ3v) is 2.24. The van der Waals surface area contributed by atoms with Gasteiger partial charge < -0.3 is 16.0 Å². The van der Waals surface area contributed by atoms with Crippen molar-refractivity contribution in [1.82, 2.24) is 5.32 Å². The molecule has 0 spiro atoms. The zero-order valence-electron chi connectivity index (χ0n) is 10.3. The fourth-order valence-electron chi connectivity index (χ4n) is 1.40. The van der Waals surface area contributed by atoms with Gasteiger partial charge in [-0.05, 0) is 13.0 Å². The van der Waals surface area contributed by atoms with Crippen molar-refractivity contribution in [3.63, 3.8) is 0 Å². The highest BCUT2D eigenvalue weighted by atomic mass is 16.6. The largest absolute Gasteiger partial charge is 0.388 e. The van der Waals surface area contributed by atoms with Crippen LogP contribution in [0.25, 0.3) is 0 Å². The van der Waals surface area contributed by atoms with E-state index in [0.29, 0.717) is 17.9 Å². The molecule has 18 heavy (non-hydrogen) atoms. The van der Waals surface area contributed by atoms with E-state index >= 15 is 0 Å². The summed E-state index contributed by atoms with van der Waals surface area (Å²) >= 11 is 0. The van der Waals surface area contributed by atoms with Crippen LogP contribution in [-0.4, -0.2) is 31.0 Å². The maximum absolute atomic E-state index is 11.3. The Morgan fingerprint density at radius 1 is 1.33 bits per heavy atom. The Balaban J connectivity index is 2.78. The Bertz CT molecular complexity index is 448.